The normalized spacial score (nSPS) is 9.74. The van der Waals surface area contributed by atoms with Gasteiger partial charge >= 0.3 is 0 Å². The Balaban J connectivity index is 2.46. The minimum absolute atomic E-state index is 0.433. The number of hydrogen-bond acceptors (Lipinski definition) is 4. The van der Waals surface area contributed by atoms with Crippen LogP contribution >= 0.6 is 0 Å². The first-order chi connectivity index (χ1) is 9.15. The van der Waals surface area contributed by atoms with Crippen LogP contribution in [0.5, 0.6) is 17.2 Å². The van der Waals surface area contributed by atoms with E-state index in [1.54, 1.807) is 31.4 Å². The molecule has 4 heteroatoms. The Morgan fingerprint density at radius 2 is 2.00 bits per heavy atom. The van der Waals surface area contributed by atoms with Crippen LogP contribution in [0, 0.1) is 18.3 Å². The summed E-state index contributed by atoms with van der Waals surface area (Å²) in [6, 6.07) is 12.6. The number of rotatable bonds is 3. The quantitative estimate of drug-likeness (QED) is 0.854. The molecule has 0 fully saturated rings. The van der Waals surface area contributed by atoms with E-state index in [0.29, 0.717) is 28.5 Å². The first kappa shape index (κ1) is 12.8. The number of methoxy groups -OCH3 is 1. The van der Waals surface area contributed by atoms with Crippen molar-refractivity contribution in [3.63, 3.8) is 0 Å². The zero-order valence-electron chi connectivity index (χ0n) is 10.8. The van der Waals surface area contributed by atoms with Crippen LogP contribution in [0.1, 0.15) is 11.1 Å². The molecule has 2 rings (SSSR count). The van der Waals surface area contributed by atoms with E-state index in [1.165, 1.54) is 0 Å². The third-order valence-electron chi connectivity index (χ3n) is 2.76. The molecular weight excluding hydrogens is 240 g/mol. The van der Waals surface area contributed by atoms with Gasteiger partial charge in [0, 0.05) is 6.07 Å². The largest absolute Gasteiger partial charge is 0.497 e. The molecule has 0 atom stereocenters. The summed E-state index contributed by atoms with van der Waals surface area (Å²) >= 11 is 0. The van der Waals surface area contributed by atoms with Gasteiger partial charge in [0.25, 0.3) is 0 Å². The minimum Gasteiger partial charge on any atom is -0.497 e. The number of nitriles is 1. The molecular formula is C15H14N2O2. The maximum Gasteiger partial charge on any atom is 0.153 e. The van der Waals surface area contributed by atoms with Gasteiger partial charge in [-0.05, 0) is 30.7 Å². The number of anilines is 1. The predicted octanol–water partition coefficient (Wildman–Crippen LogP) is 3.25. The number of hydrogen-bond donors (Lipinski definition) is 1. The molecule has 2 N–H and O–H groups in total. The molecule has 0 bridgehead atoms. The van der Waals surface area contributed by atoms with Gasteiger partial charge in [-0.15, -0.1) is 0 Å². The highest BCUT2D eigenvalue weighted by molar-refractivity contribution is 5.59. The monoisotopic (exact) mass is 254 g/mol. The summed E-state index contributed by atoms with van der Waals surface area (Å²) in [5.41, 5.74) is 7.77. The Hall–Kier alpha value is -2.67. The first-order valence-electron chi connectivity index (χ1n) is 5.76. The zero-order valence-corrected chi connectivity index (χ0v) is 10.8. The smallest absolute Gasteiger partial charge is 0.153 e. The Morgan fingerprint density at radius 1 is 1.21 bits per heavy atom. The summed E-state index contributed by atoms with van der Waals surface area (Å²) in [6.07, 6.45) is 0. The highest BCUT2D eigenvalue weighted by atomic mass is 16.5. The number of ether oxygens (including phenoxy) is 2. The first-order valence-corrected chi connectivity index (χ1v) is 5.76. The van der Waals surface area contributed by atoms with E-state index >= 15 is 0 Å². The lowest BCUT2D eigenvalue weighted by Crippen LogP contribution is -1.96. The number of nitrogens with two attached hydrogens (primary N) is 1. The molecule has 0 saturated heterocycles. The van der Waals surface area contributed by atoms with Crippen molar-refractivity contribution >= 4 is 5.69 Å². The van der Waals surface area contributed by atoms with Crippen molar-refractivity contribution in [3.05, 3.63) is 47.5 Å². The van der Waals surface area contributed by atoms with E-state index < -0.39 is 0 Å². The van der Waals surface area contributed by atoms with Crippen molar-refractivity contribution in [1.82, 2.24) is 0 Å². The van der Waals surface area contributed by atoms with Crippen molar-refractivity contribution in [1.29, 1.82) is 5.26 Å². The van der Waals surface area contributed by atoms with Crippen LogP contribution in [0.15, 0.2) is 36.4 Å². The van der Waals surface area contributed by atoms with E-state index in [-0.39, 0.29) is 0 Å². The fraction of sp³-hybridized carbons (Fsp3) is 0.133. The van der Waals surface area contributed by atoms with Gasteiger partial charge in [-0.2, -0.15) is 5.26 Å². The Kier molecular flexibility index (Phi) is 3.58. The molecule has 0 aliphatic carbocycles. The number of aryl methyl sites for hydroxylation is 1. The van der Waals surface area contributed by atoms with Crippen molar-refractivity contribution < 1.29 is 9.47 Å². The Morgan fingerprint density at radius 3 is 2.63 bits per heavy atom. The highest BCUT2D eigenvalue weighted by Crippen LogP contribution is 2.34. The van der Waals surface area contributed by atoms with Gasteiger partial charge < -0.3 is 15.2 Å². The molecule has 0 unspecified atom stereocenters. The lowest BCUT2D eigenvalue weighted by atomic mass is 10.2. The number of nitrogens with zero attached hydrogens (tertiary/aromatic N) is 1. The van der Waals surface area contributed by atoms with Crippen molar-refractivity contribution in [2.24, 2.45) is 0 Å². The molecule has 0 heterocycles. The summed E-state index contributed by atoms with van der Waals surface area (Å²) in [4.78, 5) is 0. The molecule has 0 saturated carbocycles. The standard InChI is InChI=1S/C15H14N2O2/c1-10-4-3-5-13(17)15(10)19-14-8-12(18-2)7-6-11(14)9-16/h3-8H,17H2,1-2H3. The summed E-state index contributed by atoms with van der Waals surface area (Å²) in [7, 11) is 1.56. The maximum absolute atomic E-state index is 9.10. The van der Waals surface area contributed by atoms with Crippen LogP contribution in [-0.4, -0.2) is 7.11 Å². The van der Waals surface area contributed by atoms with E-state index in [9.17, 15) is 0 Å². The molecule has 0 aromatic heterocycles. The number of para-hydroxylation sites is 1. The molecule has 19 heavy (non-hydrogen) atoms. The molecule has 0 spiro atoms. The van der Waals surface area contributed by atoms with Gasteiger partial charge in [-0.25, -0.2) is 0 Å². The third kappa shape index (κ3) is 2.61. The molecule has 0 radical (unpaired) electrons. The topological polar surface area (TPSA) is 68.3 Å². The van der Waals surface area contributed by atoms with Gasteiger partial charge in [0.15, 0.2) is 5.75 Å². The van der Waals surface area contributed by atoms with Crippen LogP contribution in [0.25, 0.3) is 0 Å². The van der Waals surface area contributed by atoms with E-state index in [2.05, 4.69) is 6.07 Å². The second-order valence-electron chi connectivity index (χ2n) is 4.07. The molecule has 0 aliphatic heterocycles. The molecule has 96 valence electrons. The lowest BCUT2D eigenvalue weighted by molar-refractivity contribution is 0.408. The number of nitrogen functional groups attached to an aromatic ring is 1. The molecule has 0 amide bonds. The second kappa shape index (κ2) is 5.32. The van der Waals surface area contributed by atoms with E-state index in [0.717, 1.165) is 5.56 Å². The van der Waals surface area contributed by atoms with Gasteiger partial charge in [0.2, 0.25) is 0 Å². The zero-order chi connectivity index (χ0) is 13.8. The summed E-state index contributed by atoms with van der Waals surface area (Å²) in [5.74, 6) is 1.62. The minimum atomic E-state index is 0.433. The highest BCUT2D eigenvalue weighted by Gasteiger charge is 2.10. The van der Waals surface area contributed by atoms with Gasteiger partial charge in [-0.3, -0.25) is 0 Å². The molecule has 2 aromatic carbocycles. The van der Waals surface area contributed by atoms with Crippen LogP contribution in [0.2, 0.25) is 0 Å². The Bertz CT molecular complexity index is 625. The molecule has 0 aliphatic rings. The molecule has 4 nitrogen and oxygen atoms in total. The van der Waals surface area contributed by atoms with Crippen LogP contribution in [0.4, 0.5) is 5.69 Å². The predicted molar refractivity (Wildman–Crippen MR) is 73.4 cm³/mol. The maximum atomic E-state index is 9.10. The van der Waals surface area contributed by atoms with E-state index in [1.807, 2.05) is 19.1 Å². The SMILES string of the molecule is COc1ccc(C#N)c(Oc2c(C)cccc2N)c1. The average Bonchev–Trinajstić information content (AvgIpc) is 2.42. The van der Waals surface area contributed by atoms with Crippen LogP contribution < -0.4 is 15.2 Å². The molecule has 2 aromatic rings. The van der Waals surface area contributed by atoms with E-state index in [4.69, 9.17) is 20.5 Å². The third-order valence-corrected chi connectivity index (χ3v) is 2.76. The van der Waals surface area contributed by atoms with Crippen molar-refractivity contribution in [3.8, 4) is 23.3 Å². The van der Waals surface area contributed by atoms with Gasteiger partial charge in [0.05, 0.1) is 18.4 Å². The Labute approximate surface area is 112 Å². The fourth-order valence-corrected chi connectivity index (χ4v) is 1.73. The van der Waals surface area contributed by atoms with Crippen LogP contribution in [-0.2, 0) is 0 Å². The average molecular weight is 254 g/mol. The summed E-state index contributed by atoms with van der Waals surface area (Å²) in [6.45, 7) is 1.90. The summed E-state index contributed by atoms with van der Waals surface area (Å²) in [5, 5.41) is 9.10. The van der Waals surface area contributed by atoms with Crippen LogP contribution in [0.3, 0.4) is 0 Å². The van der Waals surface area contributed by atoms with Crippen molar-refractivity contribution in [2.75, 3.05) is 12.8 Å². The fourth-order valence-electron chi connectivity index (χ4n) is 1.73. The second-order valence-corrected chi connectivity index (χ2v) is 4.07. The lowest BCUT2D eigenvalue weighted by Gasteiger charge is -2.13. The van der Waals surface area contributed by atoms with Gasteiger partial charge in [-0.1, -0.05) is 12.1 Å². The van der Waals surface area contributed by atoms with Gasteiger partial charge in [0.1, 0.15) is 17.6 Å². The van der Waals surface area contributed by atoms with Crippen molar-refractivity contribution in [2.45, 2.75) is 6.92 Å². The summed E-state index contributed by atoms with van der Waals surface area (Å²) < 4.78 is 10.9. The number of benzene rings is 2.